The summed E-state index contributed by atoms with van der Waals surface area (Å²) in [6.45, 7) is 7.26. The van der Waals surface area contributed by atoms with Crippen molar-refractivity contribution < 1.29 is 9.53 Å². The second-order valence-corrected chi connectivity index (χ2v) is 8.25. The fourth-order valence-electron chi connectivity index (χ4n) is 2.81. The van der Waals surface area contributed by atoms with Gasteiger partial charge in [-0.25, -0.2) is 9.48 Å². The van der Waals surface area contributed by atoms with Gasteiger partial charge in [0, 0.05) is 5.70 Å². The van der Waals surface area contributed by atoms with Crippen molar-refractivity contribution in [1.82, 2.24) is 9.78 Å². The maximum atomic E-state index is 12.9. The lowest BCUT2D eigenvalue weighted by Gasteiger charge is -2.31. The lowest BCUT2D eigenvalue weighted by atomic mass is 9.95. The van der Waals surface area contributed by atoms with Crippen molar-refractivity contribution in [3.05, 3.63) is 56.3 Å². The summed E-state index contributed by atoms with van der Waals surface area (Å²) >= 11 is 18.5. The summed E-state index contributed by atoms with van der Waals surface area (Å²) in [5, 5.41) is 8.75. The number of carbonyl (C=O) groups excluding carboxylic acids is 1. The predicted octanol–water partition coefficient (Wildman–Crippen LogP) is 5.47. The highest BCUT2D eigenvalue weighted by molar-refractivity contribution is 6.42. The number of halogens is 3. The molecule has 0 bridgehead atoms. The third-order valence-corrected chi connectivity index (χ3v) is 4.87. The minimum absolute atomic E-state index is 0.392. The molecule has 1 atom stereocenters. The first-order valence-corrected chi connectivity index (χ1v) is 9.11. The van der Waals surface area contributed by atoms with Crippen LogP contribution in [-0.4, -0.2) is 21.4 Å². The summed E-state index contributed by atoms with van der Waals surface area (Å²) in [5.41, 5.74) is 1.20. The number of esters is 1. The van der Waals surface area contributed by atoms with Crippen molar-refractivity contribution in [3.8, 4) is 0 Å². The number of ether oxygens (including phenoxy) is 1. The summed E-state index contributed by atoms with van der Waals surface area (Å²) in [5.74, 6) is 0.170. The SMILES string of the molecule is CC1=C(C(=O)OC(C)(C)C)C(c2ccc(Cl)c(Cl)c2)n2ncc(Cl)c2N1. The fraction of sp³-hybridized carbons (Fsp3) is 0.333. The van der Waals surface area contributed by atoms with E-state index in [9.17, 15) is 4.79 Å². The molecule has 1 aromatic heterocycles. The molecule has 1 unspecified atom stereocenters. The van der Waals surface area contributed by atoms with Crippen LogP contribution >= 0.6 is 34.8 Å². The van der Waals surface area contributed by atoms with Crippen molar-refractivity contribution in [2.24, 2.45) is 0 Å². The normalized spacial score (nSPS) is 17.0. The summed E-state index contributed by atoms with van der Waals surface area (Å²) in [4.78, 5) is 12.9. The molecule has 0 amide bonds. The second kappa shape index (κ2) is 6.80. The number of fused-ring (bicyclic) bond motifs is 1. The Morgan fingerprint density at radius 1 is 1.19 bits per heavy atom. The monoisotopic (exact) mass is 413 g/mol. The molecule has 0 saturated heterocycles. The van der Waals surface area contributed by atoms with E-state index < -0.39 is 17.6 Å². The molecule has 138 valence electrons. The van der Waals surface area contributed by atoms with Crippen LogP contribution in [0.25, 0.3) is 0 Å². The molecule has 1 aliphatic heterocycles. The topological polar surface area (TPSA) is 56.2 Å². The van der Waals surface area contributed by atoms with Gasteiger partial charge in [-0.1, -0.05) is 40.9 Å². The largest absolute Gasteiger partial charge is 0.456 e. The van der Waals surface area contributed by atoms with Gasteiger partial charge in [0.25, 0.3) is 0 Å². The number of benzene rings is 1. The minimum atomic E-state index is -0.630. The smallest absolute Gasteiger partial charge is 0.338 e. The van der Waals surface area contributed by atoms with Crippen LogP contribution in [0.2, 0.25) is 15.1 Å². The third kappa shape index (κ3) is 3.56. The average Bonchev–Trinajstić information content (AvgIpc) is 2.88. The van der Waals surface area contributed by atoms with Gasteiger partial charge in [-0.3, -0.25) is 0 Å². The molecular weight excluding hydrogens is 397 g/mol. The Morgan fingerprint density at radius 3 is 2.50 bits per heavy atom. The second-order valence-electron chi connectivity index (χ2n) is 7.03. The van der Waals surface area contributed by atoms with E-state index in [0.29, 0.717) is 32.2 Å². The van der Waals surface area contributed by atoms with Gasteiger partial charge in [0.2, 0.25) is 0 Å². The number of allylic oxidation sites excluding steroid dienone is 1. The van der Waals surface area contributed by atoms with E-state index in [1.807, 2.05) is 20.8 Å². The van der Waals surface area contributed by atoms with Crippen molar-refractivity contribution >= 4 is 46.6 Å². The number of carbonyl (C=O) groups is 1. The molecule has 26 heavy (non-hydrogen) atoms. The minimum Gasteiger partial charge on any atom is -0.456 e. The summed E-state index contributed by atoms with van der Waals surface area (Å²) < 4.78 is 7.25. The Labute approximate surface area is 166 Å². The Balaban J connectivity index is 2.16. The molecule has 0 aliphatic carbocycles. The van der Waals surface area contributed by atoms with Crippen LogP contribution in [0.4, 0.5) is 5.82 Å². The van der Waals surface area contributed by atoms with E-state index in [4.69, 9.17) is 39.5 Å². The molecule has 5 nitrogen and oxygen atoms in total. The molecule has 8 heteroatoms. The first-order chi connectivity index (χ1) is 12.1. The van der Waals surface area contributed by atoms with Crippen LogP contribution in [0.1, 0.15) is 39.3 Å². The molecule has 0 saturated carbocycles. The van der Waals surface area contributed by atoms with Crippen LogP contribution in [0.15, 0.2) is 35.7 Å². The Kier molecular flexibility index (Phi) is 4.99. The van der Waals surface area contributed by atoms with Gasteiger partial charge >= 0.3 is 5.97 Å². The molecule has 0 fully saturated rings. The van der Waals surface area contributed by atoms with E-state index in [1.165, 1.54) is 6.20 Å². The molecule has 0 radical (unpaired) electrons. The van der Waals surface area contributed by atoms with Gasteiger partial charge in [-0.15, -0.1) is 0 Å². The van der Waals surface area contributed by atoms with Gasteiger partial charge in [-0.2, -0.15) is 5.10 Å². The van der Waals surface area contributed by atoms with E-state index in [2.05, 4.69) is 10.4 Å². The number of hydrogen-bond donors (Lipinski definition) is 1. The summed E-state index contributed by atoms with van der Waals surface area (Å²) in [6, 6.07) is 4.68. The quantitative estimate of drug-likeness (QED) is 0.662. The number of nitrogens with one attached hydrogen (secondary N) is 1. The molecule has 1 N–H and O–H groups in total. The van der Waals surface area contributed by atoms with Crippen molar-refractivity contribution in [3.63, 3.8) is 0 Å². The van der Waals surface area contributed by atoms with E-state index in [-0.39, 0.29) is 0 Å². The zero-order valence-electron chi connectivity index (χ0n) is 14.7. The molecule has 1 aliphatic rings. The highest BCUT2D eigenvalue weighted by atomic mass is 35.5. The number of nitrogens with zero attached hydrogens (tertiary/aromatic N) is 2. The maximum Gasteiger partial charge on any atom is 0.338 e. The first-order valence-electron chi connectivity index (χ1n) is 7.97. The third-order valence-electron chi connectivity index (χ3n) is 3.86. The molecular formula is C18H18Cl3N3O2. The Hall–Kier alpha value is -1.69. The zero-order valence-corrected chi connectivity index (χ0v) is 17.0. The molecule has 3 rings (SSSR count). The number of hydrogen-bond acceptors (Lipinski definition) is 4. The summed E-state index contributed by atoms with van der Waals surface area (Å²) in [7, 11) is 0. The van der Waals surface area contributed by atoms with Crippen molar-refractivity contribution in [2.75, 3.05) is 5.32 Å². The van der Waals surface area contributed by atoms with Crippen molar-refractivity contribution in [2.45, 2.75) is 39.3 Å². The number of aromatic nitrogens is 2. The van der Waals surface area contributed by atoms with Gasteiger partial charge in [-0.05, 0) is 45.4 Å². The molecule has 2 heterocycles. The lowest BCUT2D eigenvalue weighted by molar-refractivity contribution is -0.150. The van der Waals surface area contributed by atoms with Gasteiger partial charge in [0.05, 0.1) is 21.8 Å². The fourth-order valence-corrected chi connectivity index (χ4v) is 3.30. The van der Waals surface area contributed by atoms with Gasteiger partial charge < -0.3 is 10.1 Å². The van der Waals surface area contributed by atoms with Crippen LogP contribution in [0.5, 0.6) is 0 Å². The standard InChI is InChI=1S/C18H18Cl3N3O2/c1-9-14(17(25)26-18(2,3)4)15(10-5-6-11(19)12(20)7-10)24-16(23-9)13(21)8-22-24/h5-8,15,23H,1-4H3. The Morgan fingerprint density at radius 2 is 1.88 bits per heavy atom. The molecule has 0 spiro atoms. The number of anilines is 1. The average molecular weight is 415 g/mol. The first kappa shape index (κ1) is 19.1. The zero-order chi connectivity index (χ0) is 19.2. The lowest BCUT2D eigenvalue weighted by Crippen LogP contribution is -2.33. The maximum absolute atomic E-state index is 12.9. The van der Waals surface area contributed by atoms with E-state index >= 15 is 0 Å². The van der Waals surface area contributed by atoms with Crippen LogP contribution < -0.4 is 5.32 Å². The Bertz CT molecular complexity index is 913. The van der Waals surface area contributed by atoms with Gasteiger partial charge in [0.1, 0.15) is 22.5 Å². The van der Waals surface area contributed by atoms with Gasteiger partial charge in [0.15, 0.2) is 0 Å². The molecule has 1 aromatic carbocycles. The van der Waals surface area contributed by atoms with E-state index in [0.717, 1.165) is 5.56 Å². The summed E-state index contributed by atoms with van der Waals surface area (Å²) in [6.07, 6.45) is 1.53. The molecule has 2 aromatic rings. The number of rotatable bonds is 2. The van der Waals surface area contributed by atoms with Crippen molar-refractivity contribution in [1.29, 1.82) is 0 Å². The van der Waals surface area contributed by atoms with Crippen LogP contribution in [-0.2, 0) is 9.53 Å². The highest BCUT2D eigenvalue weighted by Gasteiger charge is 2.36. The highest BCUT2D eigenvalue weighted by Crippen LogP contribution is 2.40. The van der Waals surface area contributed by atoms with Crippen LogP contribution in [0.3, 0.4) is 0 Å². The van der Waals surface area contributed by atoms with E-state index in [1.54, 1.807) is 29.8 Å². The van der Waals surface area contributed by atoms with Crippen LogP contribution in [0, 0.1) is 0 Å². The predicted molar refractivity (Wildman–Crippen MR) is 104 cm³/mol.